The quantitative estimate of drug-likeness (QED) is 0.658. The Morgan fingerprint density at radius 2 is 2.04 bits per heavy atom. The van der Waals surface area contributed by atoms with Crippen molar-refractivity contribution in [1.29, 1.82) is 0 Å². The van der Waals surface area contributed by atoms with E-state index in [2.05, 4.69) is 10.1 Å². The summed E-state index contributed by atoms with van der Waals surface area (Å²) in [5, 5.41) is 4.06. The number of rotatable bonds is 7. The Morgan fingerprint density at radius 1 is 1.29 bits per heavy atom. The van der Waals surface area contributed by atoms with Crippen LogP contribution in [0.1, 0.15) is 22.8 Å². The SMILES string of the molecule is CCOC(=O)c1cnn(Cc2ccc(OCC3(C(F)(F)F)OCCO3)nc2)c1. The van der Waals surface area contributed by atoms with Crippen LogP contribution >= 0.6 is 0 Å². The van der Waals surface area contributed by atoms with Crippen molar-refractivity contribution < 1.29 is 36.9 Å². The number of carbonyl (C=O) groups excluding carboxylic acids is 1. The second-order valence-corrected chi connectivity index (χ2v) is 5.89. The molecule has 1 saturated heterocycles. The van der Waals surface area contributed by atoms with Crippen molar-refractivity contribution in [1.82, 2.24) is 14.8 Å². The van der Waals surface area contributed by atoms with Crippen molar-refractivity contribution in [2.45, 2.75) is 25.4 Å². The molecule has 0 amide bonds. The molecule has 0 aliphatic carbocycles. The molecule has 0 unspecified atom stereocenters. The minimum Gasteiger partial charge on any atom is -0.472 e. The fourth-order valence-corrected chi connectivity index (χ4v) is 2.50. The molecule has 3 heterocycles. The first kappa shape index (κ1) is 20.1. The molecule has 3 rings (SSSR count). The standard InChI is InChI=1S/C17H18F3N3O5/c1-2-25-15(24)13-8-22-23(10-13)9-12-3-4-14(21-7-12)26-11-16(17(18,19)20)27-5-6-28-16/h3-4,7-8,10H,2,5-6,9,11H2,1H3. The lowest BCUT2D eigenvalue weighted by atomic mass is 10.3. The minimum absolute atomic E-state index is 0.000784. The Bertz CT molecular complexity index is 801. The number of carbonyl (C=O) groups is 1. The van der Waals surface area contributed by atoms with Crippen molar-refractivity contribution >= 4 is 5.97 Å². The average Bonchev–Trinajstić information content (AvgIpc) is 3.31. The Balaban J connectivity index is 1.59. The van der Waals surface area contributed by atoms with Crippen molar-refractivity contribution in [2.24, 2.45) is 0 Å². The van der Waals surface area contributed by atoms with E-state index in [1.807, 2.05) is 0 Å². The van der Waals surface area contributed by atoms with Gasteiger partial charge in [-0.25, -0.2) is 9.78 Å². The van der Waals surface area contributed by atoms with Crippen molar-refractivity contribution in [3.05, 3.63) is 41.9 Å². The van der Waals surface area contributed by atoms with Gasteiger partial charge in [0.1, 0.15) is 0 Å². The third kappa shape index (κ3) is 4.42. The molecule has 0 radical (unpaired) electrons. The predicted molar refractivity (Wildman–Crippen MR) is 87.7 cm³/mol. The highest BCUT2D eigenvalue weighted by atomic mass is 19.4. The molecule has 1 aliphatic heterocycles. The second-order valence-electron chi connectivity index (χ2n) is 5.89. The van der Waals surface area contributed by atoms with Crippen LogP contribution in [-0.2, 0) is 20.8 Å². The van der Waals surface area contributed by atoms with E-state index < -0.39 is 24.5 Å². The van der Waals surface area contributed by atoms with E-state index in [4.69, 9.17) is 18.9 Å². The Labute approximate surface area is 158 Å². The Kier molecular flexibility index (Phi) is 5.84. The van der Waals surface area contributed by atoms with Crippen LogP contribution in [0.25, 0.3) is 0 Å². The van der Waals surface area contributed by atoms with E-state index in [-0.39, 0.29) is 25.7 Å². The molecule has 2 aromatic rings. The fraction of sp³-hybridized carbons (Fsp3) is 0.471. The summed E-state index contributed by atoms with van der Waals surface area (Å²) in [7, 11) is 0. The molecule has 152 valence electrons. The van der Waals surface area contributed by atoms with E-state index in [1.54, 1.807) is 13.0 Å². The summed E-state index contributed by atoms with van der Waals surface area (Å²) in [4.78, 5) is 15.6. The van der Waals surface area contributed by atoms with Crippen LogP contribution in [0.3, 0.4) is 0 Å². The number of nitrogens with zero attached hydrogens (tertiary/aromatic N) is 3. The van der Waals surface area contributed by atoms with Crippen LogP contribution in [-0.4, -0.2) is 59.1 Å². The first-order valence-electron chi connectivity index (χ1n) is 8.45. The number of esters is 1. The zero-order chi connectivity index (χ0) is 20.2. The summed E-state index contributed by atoms with van der Waals surface area (Å²) in [6.45, 7) is 1.11. The zero-order valence-electron chi connectivity index (χ0n) is 14.9. The molecule has 1 fully saturated rings. The van der Waals surface area contributed by atoms with Gasteiger partial charge in [0.25, 0.3) is 0 Å². The van der Waals surface area contributed by atoms with E-state index in [9.17, 15) is 18.0 Å². The lowest BCUT2D eigenvalue weighted by molar-refractivity contribution is -0.350. The molecule has 0 N–H and O–H groups in total. The maximum absolute atomic E-state index is 13.1. The van der Waals surface area contributed by atoms with E-state index in [0.29, 0.717) is 17.7 Å². The minimum atomic E-state index is -4.72. The molecular formula is C17H18F3N3O5. The number of aromatic nitrogens is 3. The fourth-order valence-electron chi connectivity index (χ4n) is 2.50. The van der Waals surface area contributed by atoms with E-state index >= 15 is 0 Å². The van der Waals surface area contributed by atoms with Crippen LogP contribution in [0.5, 0.6) is 5.88 Å². The molecule has 0 saturated carbocycles. The predicted octanol–water partition coefficient (Wildman–Crippen LogP) is 2.19. The maximum Gasteiger partial charge on any atom is 0.447 e. The summed E-state index contributed by atoms with van der Waals surface area (Å²) >= 11 is 0. The highest BCUT2D eigenvalue weighted by Gasteiger charge is 2.61. The van der Waals surface area contributed by atoms with Crippen LogP contribution in [0.15, 0.2) is 30.7 Å². The van der Waals surface area contributed by atoms with Gasteiger partial charge in [-0.3, -0.25) is 4.68 Å². The van der Waals surface area contributed by atoms with E-state index in [1.165, 1.54) is 29.3 Å². The van der Waals surface area contributed by atoms with Gasteiger partial charge in [0.15, 0.2) is 6.61 Å². The third-order valence-electron chi connectivity index (χ3n) is 3.88. The zero-order valence-corrected chi connectivity index (χ0v) is 14.9. The smallest absolute Gasteiger partial charge is 0.447 e. The van der Waals surface area contributed by atoms with Gasteiger partial charge in [-0.1, -0.05) is 6.07 Å². The van der Waals surface area contributed by atoms with Gasteiger partial charge >= 0.3 is 17.9 Å². The largest absolute Gasteiger partial charge is 0.472 e. The molecule has 0 bridgehead atoms. The topological polar surface area (TPSA) is 84.7 Å². The lowest BCUT2D eigenvalue weighted by Gasteiger charge is -2.28. The molecule has 1 aliphatic rings. The Morgan fingerprint density at radius 3 is 2.64 bits per heavy atom. The second kappa shape index (κ2) is 8.15. The number of hydrogen-bond donors (Lipinski definition) is 0. The van der Waals surface area contributed by atoms with Crippen LogP contribution in [0.4, 0.5) is 13.2 Å². The maximum atomic E-state index is 13.1. The molecule has 11 heteroatoms. The van der Waals surface area contributed by atoms with Gasteiger partial charge in [0, 0.05) is 18.5 Å². The van der Waals surface area contributed by atoms with Gasteiger partial charge in [-0.05, 0) is 12.5 Å². The highest BCUT2D eigenvalue weighted by Crippen LogP contribution is 2.37. The van der Waals surface area contributed by atoms with Crippen LogP contribution in [0, 0.1) is 0 Å². The summed E-state index contributed by atoms with van der Waals surface area (Å²) in [5.41, 5.74) is 1.04. The Hall–Kier alpha value is -2.66. The van der Waals surface area contributed by atoms with Gasteiger partial charge in [-0.15, -0.1) is 0 Å². The van der Waals surface area contributed by atoms with Gasteiger partial charge < -0.3 is 18.9 Å². The number of hydrogen-bond acceptors (Lipinski definition) is 7. The van der Waals surface area contributed by atoms with Gasteiger partial charge in [0.05, 0.1) is 38.1 Å². The summed E-state index contributed by atoms with van der Waals surface area (Å²) in [6.07, 6.45) is -0.358. The average molecular weight is 401 g/mol. The van der Waals surface area contributed by atoms with Crippen LogP contribution in [0.2, 0.25) is 0 Å². The van der Waals surface area contributed by atoms with Crippen LogP contribution < -0.4 is 4.74 Å². The van der Waals surface area contributed by atoms with Crippen molar-refractivity contribution in [3.8, 4) is 5.88 Å². The molecule has 28 heavy (non-hydrogen) atoms. The number of alkyl halides is 3. The summed E-state index contributed by atoms with van der Waals surface area (Å²) < 4.78 is 60.4. The van der Waals surface area contributed by atoms with Crippen molar-refractivity contribution in [3.63, 3.8) is 0 Å². The number of halogens is 3. The first-order valence-corrected chi connectivity index (χ1v) is 8.45. The molecular weight excluding hydrogens is 383 g/mol. The third-order valence-corrected chi connectivity index (χ3v) is 3.88. The highest BCUT2D eigenvalue weighted by molar-refractivity contribution is 5.88. The van der Waals surface area contributed by atoms with Gasteiger partial charge in [0.2, 0.25) is 5.88 Å². The number of ether oxygens (including phenoxy) is 4. The molecule has 2 aromatic heterocycles. The molecule has 0 aromatic carbocycles. The molecule has 0 atom stereocenters. The number of pyridine rings is 1. The van der Waals surface area contributed by atoms with Crippen molar-refractivity contribution in [2.75, 3.05) is 26.4 Å². The normalized spacial score (nSPS) is 16.1. The summed E-state index contributed by atoms with van der Waals surface area (Å²) in [5.74, 6) is -3.24. The first-order chi connectivity index (χ1) is 13.3. The van der Waals surface area contributed by atoms with E-state index in [0.717, 1.165) is 0 Å². The lowest BCUT2D eigenvalue weighted by Crippen LogP contribution is -2.51. The molecule has 8 nitrogen and oxygen atoms in total. The van der Waals surface area contributed by atoms with Gasteiger partial charge in [-0.2, -0.15) is 18.3 Å². The monoisotopic (exact) mass is 401 g/mol. The molecule has 0 spiro atoms. The summed E-state index contributed by atoms with van der Waals surface area (Å²) in [6, 6.07) is 3.06.